The van der Waals surface area contributed by atoms with Crippen molar-refractivity contribution in [2.75, 3.05) is 6.61 Å². The highest BCUT2D eigenvalue weighted by Gasteiger charge is 2.21. The smallest absolute Gasteiger partial charge is 0.0719 e. The highest BCUT2D eigenvalue weighted by atomic mass is 16.5. The average Bonchev–Trinajstić information content (AvgIpc) is 2.15. The van der Waals surface area contributed by atoms with E-state index < -0.39 is 0 Å². The van der Waals surface area contributed by atoms with Gasteiger partial charge in [0, 0.05) is 5.54 Å². The summed E-state index contributed by atoms with van der Waals surface area (Å²) in [6, 6.07) is 6.32. The second kappa shape index (κ2) is 3.37. The molecular formula is C12H17NO. The molecule has 76 valence electrons. The van der Waals surface area contributed by atoms with E-state index in [0.717, 1.165) is 19.6 Å². The molecule has 1 heterocycles. The summed E-state index contributed by atoms with van der Waals surface area (Å²) < 4.78 is 5.42. The quantitative estimate of drug-likeness (QED) is 0.736. The third-order valence-corrected chi connectivity index (χ3v) is 2.72. The molecule has 2 nitrogen and oxygen atoms in total. The van der Waals surface area contributed by atoms with Gasteiger partial charge >= 0.3 is 0 Å². The van der Waals surface area contributed by atoms with Crippen LogP contribution >= 0.6 is 0 Å². The molecule has 2 N–H and O–H groups in total. The van der Waals surface area contributed by atoms with Gasteiger partial charge in [-0.15, -0.1) is 0 Å². The monoisotopic (exact) mass is 191 g/mol. The Hall–Kier alpha value is -0.860. The van der Waals surface area contributed by atoms with Crippen LogP contribution in [-0.4, -0.2) is 6.61 Å². The molecule has 1 aromatic carbocycles. The molecule has 0 bridgehead atoms. The summed E-state index contributed by atoms with van der Waals surface area (Å²) in [5.41, 5.74) is 9.85. The van der Waals surface area contributed by atoms with Crippen molar-refractivity contribution in [3.8, 4) is 0 Å². The van der Waals surface area contributed by atoms with E-state index in [9.17, 15) is 0 Å². The molecule has 0 saturated heterocycles. The topological polar surface area (TPSA) is 35.2 Å². The van der Waals surface area contributed by atoms with Gasteiger partial charge in [-0.3, -0.25) is 0 Å². The number of hydrogen-bond donors (Lipinski definition) is 1. The SMILES string of the molecule is CC(C)(N)c1cccc2c1CCOC2. The van der Waals surface area contributed by atoms with Crippen molar-refractivity contribution in [3.05, 3.63) is 34.9 Å². The first-order valence-corrected chi connectivity index (χ1v) is 5.07. The largest absolute Gasteiger partial charge is 0.376 e. The summed E-state index contributed by atoms with van der Waals surface area (Å²) in [7, 11) is 0. The van der Waals surface area contributed by atoms with E-state index in [4.69, 9.17) is 10.5 Å². The van der Waals surface area contributed by atoms with E-state index in [2.05, 4.69) is 32.0 Å². The van der Waals surface area contributed by atoms with Crippen LogP contribution < -0.4 is 5.73 Å². The first-order valence-electron chi connectivity index (χ1n) is 5.07. The molecule has 0 aliphatic carbocycles. The van der Waals surface area contributed by atoms with Gasteiger partial charge in [0.15, 0.2) is 0 Å². The second-order valence-electron chi connectivity index (χ2n) is 4.47. The maximum atomic E-state index is 6.14. The molecule has 0 atom stereocenters. The molecular weight excluding hydrogens is 174 g/mol. The Morgan fingerprint density at radius 2 is 2.14 bits per heavy atom. The maximum absolute atomic E-state index is 6.14. The molecule has 0 radical (unpaired) electrons. The van der Waals surface area contributed by atoms with E-state index in [-0.39, 0.29) is 5.54 Å². The lowest BCUT2D eigenvalue weighted by molar-refractivity contribution is 0.110. The molecule has 14 heavy (non-hydrogen) atoms. The number of hydrogen-bond acceptors (Lipinski definition) is 2. The summed E-state index contributed by atoms with van der Waals surface area (Å²) in [6.45, 7) is 5.66. The summed E-state index contributed by atoms with van der Waals surface area (Å²) in [5.74, 6) is 0. The molecule has 2 heteroatoms. The Morgan fingerprint density at radius 1 is 1.36 bits per heavy atom. The molecule has 1 aromatic rings. The van der Waals surface area contributed by atoms with Gasteiger partial charge < -0.3 is 10.5 Å². The van der Waals surface area contributed by atoms with Crippen molar-refractivity contribution in [2.45, 2.75) is 32.4 Å². The number of fused-ring (bicyclic) bond motifs is 1. The number of nitrogens with two attached hydrogens (primary N) is 1. The Morgan fingerprint density at radius 3 is 2.86 bits per heavy atom. The van der Waals surface area contributed by atoms with Gasteiger partial charge in [0.2, 0.25) is 0 Å². The van der Waals surface area contributed by atoms with Crippen molar-refractivity contribution in [1.82, 2.24) is 0 Å². The molecule has 2 rings (SSSR count). The van der Waals surface area contributed by atoms with Crippen LogP contribution in [0.2, 0.25) is 0 Å². The fourth-order valence-electron chi connectivity index (χ4n) is 2.03. The molecule has 0 aromatic heterocycles. The molecule has 0 unspecified atom stereocenters. The third kappa shape index (κ3) is 1.68. The Bertz CT molecular complexity index is 339. The zero-order valence-electron chi connectivity index (χ0n) is 8.84. The second-order valence-corrected chi connectivity index (χ2v) is 4.47. The van der Waals surface area contributed by atoms with Crippen LogP contribution in [0.15, 0.2) is 18.2 Å². The van der Waals surface area contributed by atoms with Gasteiger partial charge in [-0.1, -0.05) is 18.2 Å². The van der Waals surface area contributed by atoms with E-state index in [1.807, 2.05) is 0 Å². The third-order valence-electron chi connectivity index (χ3n) is 2.72. The highest BCUT2D eigenvalue weighted by Crippen LogP contribution is 2.27. The summed E-state index contributed by atoms with van der Waals surface area (Å²) in [5, 5.41) is 0. The number of rotatable bonds is 1. The van der Waals surface area contributed by atoms with Crippen molar-refractivity contribution in [2.24, 2.45) is 5.73 Å². The van der Waals surface area contributed by atoms with E-state index >= 15 is 0 Å². The van der Waals surface area contributed by atoms with Gasteiger partial charge in [0.25, 0.3) is 0 Å². The van der Waals surface area contributed by atoms with Crippen molar-refractivity contribution < 1.29 is 4.74 Å². The lowest BCUT2D eigenvalue weighted by Gasteiger charge is -2.27. The first-order chi connectivity index (χ1) is 6.59. The molecule has 1 aliphatic heterocycles. The molecule has 0 fully saturated rings. The minimum absolute atomic E-state index is 0.247. The van der Waals surface area contributed by atoms with Crippen LogP contribution in [0.5, 0.6) is 0 Å². The van der Waals surface area contributed by atoms with Crippen molar-refractivity contribution >= 4 is 0 Å². The molecule has 1 aliphatic rings. The van der Waals surface area contributed by atoms with Crippen LogP contribution in [0.1, 0.15) is 30.5 Å². The van der Waals surface area contributed by atoms with Gasteiger partial charge in [0.1, 0.15) is 0 Å². The van der Waals surface area contributed by atoms with Crippen molar-refractivity contribution in [1.29, 1.82) is 0 Å². The first kappa shape index (κ1) is 9.69. The van der Waals surface area contributed by atoms with Crippen molar-refractivity contribution in [3.63, 3.8) is 0 Å². The standard InChI is InChI=1S/C12H17NO/c1-12(2,13)11-5-3-4-9-8-14-7-6-10(9)11/h3-5H,6-8,13H2,1-2H3. The minimum Gasteiger partial charge on any atom is -0.376 e. The molecule has 0 saturated carbocycles. The van der Waals surface area contributed by atoms with Gasteiger partial charge in [-0.05, 0) is 37.0 Å². The fourth-order valence-corrected chi connectivity index (χ4v) is 2.03. The van der Waals surface area contributed by atoms with Crippen LogP contribution in [-0.2, 0) is 23.3 Å². The Balaban J connectivity index is 2.51. The summed E-state index contributed by atoms with van der Waals surface area (Å²) in [6.07, 6.45) is 0.992. The summed E-state index contributed by atoms with van der Waals surface area (Å²) in [4.78, 5) is 0. The summed E-state index contributed by atoms with van der Waals surface area (Å²) >= 11 is 0. The van der Waals surface area contributed by atoms with Crippen LogP contribution in [0, 0.1) is 0 Å². The molecule has 0 spiro atoms. The minimum atomic E-state index is -0.247. The predicted octanol–water partition coefficient (Wildman–Crippen LogP) is 1.95. The lowest BCUT2D eigenvalue weighted by atomic mass is 9.86. The van der Waals surface area contributed by atoms with Gasteiger partial charge in [0.05, 0.1) is 13.2 Å². The van der Waals surface area contributed by atoms with Crippen LogP contribution in [0.4, 0.5) is 0 Å². The average molecular weight is 191 g/mol. The van der Waals surface area contributed by atoms with Gasteiger partial charge in [-0.25, -0.2) is 0 Å². The van der Waals surface area contributed by atoms with E-state index in [1.54, 1.807) is 0 Å². The van der Waals surface area contributed by atoms with E-state index in [0.29, 0.717) is 0 Å². The maximum Gasteiger partial charge on any atom is 0.0719 e. The Labute approximate surface area is 85.1 Å². The van der Waals surface area contributed by atoms with E-state index in [1.165, 1.54) is 16.7 Å². The highest BCUT2D eigenvalue weighted by molar-refractivity contribution is 5.39. The number of benzene rings is 1. The number of ether oxygens (including phenoxy) is 1. The zero-order chi connectivity index (χ0) is 10.2. The fraction of sp³-hybridized carbons (Fsp3) is 0.500. The van der Waals surface area contributed by atoms with Crippen LogP contribution in [0.25, 0.3) is 0 Å². The molecule has 0 amide bonds. The predicted molar refractivity (Wildman–Crippen MR) is 57.0 cm³/mol. The Kier molecular flexibility index (Phi) is 2.33. The van der Waals surface area contributed by atoms with Gasteiger partial charge in [-0.2, -0.15) is 0 Å². The normalized spacial score (nSPS) is 16.5. The zero-order valence-corrected chi connectivity index (χ0v) is 8.84. The lowest BCUT2D eigenvalue weighted by Crippen LogP contribution is -2.31. The van der Waals surface area contributed by atoms with Crippen LogP contribution in [0.3, 0.4) is 0 Å².